The van der Waals surface area contributed by atoms with Crippen LogP contribution in [0, 0.1) is 6.92 Å². The summed E-state index contributed by atoms with van der Waals surface area (Å²) in [5, 5.41) is 5.57. The van der Waals surface area contributed by atoms with Crippen molar-refractivity contribution in [3.63, 3.8) is 0 Å². The van der Waals surface area contributed by atoms with Gasteiger partial charge in [-0.05, 0) is 44.4 Å². The van der Waals surface area contributed by atoms with Gasteiger partial charge in [-0.3, -0.25) is 9.59 Å². The monoisotopic (exact) mass is 368 g/mol. The van der Waals surface area contributed by atoms with E-state index in [-0.39, 0.29) is 5.91 Å². The number of carbonyl (C=O) groups excluding carboxylic acids is 2. The van der Waals surface area contributed by atoms with E-state index in [1.165, 1.54) is 11.3 Å². The lowest BCUT2D eigenvalue weighted by molar-refractivity contribution is -0.123. The number of primary amides is 1. The Morgan fingerprint density at radius 3 is 2.73 bits per heavy atom. The van der Waals surface area contributed by atoms with E-state index in [1.54, 1.807) is 4.90 Å². The second-order valence-electron chi connectivity index (χ2n) is 6.57. The quantitative estimate of drug-likeness (QED) is 0.772. The SMILES string of the molecule is Cc1nn(-c2ccccc2)c2sc(C(=O)N3CCCCC3C(N)=O)cc12. The molecule has 1 aliphatic heterocycles. The summed E-state index contributed by atoms with van der Waals surface area (Å²) < 4.78 is 1.87. The highest BCUT2D eigenvalue weighted by molar-refractivity contribution is 7.20. The molecule has 3 aromatic rings. The van der Waals surface area contributed by atoms with Crippen molar-refractivity contribution >= 4 is 33.4 Å². The van der Waals surface area contributed by atoms with Crippen LogP contribution in [-0.2, 0) is 4.79 Å². The van der Waals surface area contributed by atoms with Crippen LogP contribution in [0.25, 0.3) is 15.9 Å². The maximum atomic E-state index is 13.0. The molecule has 6 nitrogen and oxygen atoms in total. The largest absolute Gasteiger partial charge is 0.368 e. The molecule has 26 heavy (non-hydrogen) atoms. The van der Waals surface area contributed by atoms with Crippen molar-refractivity contribution in [2.45, 2.75) is 32.2 Å². The Hall–Kier alpha value is -2.67. The van der Waals surface area contributed by atoms with Gasteiger partial charge < -0.3 is 10.6 Å². The maximum Gasteiger partial charge on any atom is 0.264 e. The Kier molecular flexibility index (Phi) is 4.24. The molecule has 0 bridgehead atoms. The van der Waals surface area contributed by atoms with Crippen LogP contribution in [0.4, 0.5) is 0 Å². The predicted octanol–water partition coefficient (Wildman–Crippen LogP) is 2.88. The fraction of sp³-hybridized carbons (Fsp3) is 0.316. The van der Waals surface area contributed by atoms with E-state index >= 15 is 0 Å². The number of para-hydroxylation sites is 1. The van der Waals surface area contributed by atoms with Crippen molar-refractivity contribution in [2.24, 2.45) is 5.73 Å². The highest BCUT2D eigenvalue weighted by atomic mass is 32.1. The molecule has 1 unspecified atom stereocenters. The van der Waals surface area contributed by atoms with Gasteiger partial charge >= 0.3 is 0 Å². The molecular weight excluding hydrogens is 348 g/mol. The minimum atomic E-state index is -0.506. The number of amides is 2. The van der Waals surface area contributed by atoms with Gasteiger partial charge in [-0.25, -0.2) is 4.68 Å². The maximum absolute atomic E-state index is 13.0. The van der Waals surface area contributed by atoms with E-state index in [1.807, 2.05) is 48.0 Å². The van der Waals surface area contributed by atoms with Gasteiger partial charge in [0.25, 0.3) is 5.91 Å². The van der Waals surface area contributed by atoms with Crippen molar-refractivity contribution in [1.29, 1.82) is 0 Å². The standard InChI is InChI=1S/C19H20N4O2S/c1-12-14-11-16(18(25)22-10-6-5-9-15(22)17(20)24)26-19(14)23(21-12)13-7-3-2-4-8-13/h2-4,7-8,11,15H,5-6,9-10H2,1H3,(H2,20,24). The summed E-state index contributed by atoms with van der Waals surface area (Å²) in [5.41, 5.74) is 7.35. The summed E-state index contributed by atoms with van der Waals surface area (Å²) in [6.07, 6.45) is 2.46. The lowest BCUT2D eigenvalue weighted by Crippen LogP contribution is -2.50. The number of hydrogen-bond donors (Lipinski definition) is 1. The van der Waals surface area contributed by atoms with Crippen molar-refractivity contribution in [3.05, 3.63) is 47.0 Å². The molecule has 1 saturated heterocycles. The molecule has 0 aliphatic carbocycles. The first-order valence-electron chi connectivity index (χ1n) is 8.71. The lowest BCUT2D eigenvalue weighted by atomic mass is 10.0. The second-order valence-corrected chi connectivity index (χ2v) is 7.61. The normalized spacial score (nSPS) is 17.6. The lowest BCUT2D eigenvalue weighted by Gasteiger charge is -2.33. The molecule has 134 valence electrons. The van der Waals surface area contributed by atoms with Crippen molar-refractivity contribution < 1.29 is 9.59 Å². The third kappa shape index (κ3) is 2.78. The Bertz CT molecular complexity index is 976. The number of piperidine rings is 1. The molecule has 0 saturated carbocycles. The zero-order valence-corrected chi connectivity index (χ0v) is 15.3. The molecule has 1 atom stereocenters. The van der Waals surface area contributed by atoms with Crippen LogP contribution in [0.15, 0.2) is 36.4 Å². The van der Waals surface area contributed by atoms with Crippen LogP contribution in [0.5, 0.6) is 0 Å². The molecule has 2 N–H and O–H groups in total. The number of hydrogen-bond acceptors (Lipinski definition) is 4. The highest BCUT2D eigenvalue weighted by Crippen LogP contribution is 2.32. The average Bonchev–Trinajstić information content (AvgIpc) is 3.22. The van der Waals surface area contributed by atoms with E-state index in [9.17, 15) is 9.59 Å². The number of thiophene rings is 1. The minimum absolute atomic E-state index is 0.117. The van der Waals surface area contributed by atoms with Crippen LogP contribution in [0.1, 0.15) is 34.6 Å². The van der Waals surface area contributed by atoms with Gasteiger partial charge in [-0.1, -0.05) is 18.2 Å². The van der Waals surface area contributed by atoms with Crippen LogP contribution in [-0.4, -0.2) is 39.1 Å². The van der Waals surface area contributed by atoms with Crippen LogP contribution < -0.4 is 5.73 Å². The number of nitrogens with two attached hydrogens (primary N) is 1. The van der Waals surface area contributed by atoms with E-state index in [2.05, 4.69) is 5.10 Å². The zero-order chi connectivity index (χ0) is 18.3. The first-order chi connectivity index (χ1) is 12.6. The van der Waals surface area contributed by atoms with Gasteiger partial charge in [-0.15, -0.1) is 11.3 Å². The number of aromatic nitrogens is 2. The van der Waals surface area contributed by atoms with Crippen molar-refractivity contribution in [2.75, 3.05) is 6.54 Å². The first-order valence-corrected chi connectivity index (χ1v) is 9.53. The first kappa shape index (κ1) is 16.8. The Balaban J connectivity index is 1.74. The summed E-state index contributed by atoms with van der Waals surface area (Å²) in [5.74, 6) is -0.542. The number of fused-ring (bicyclic) bond motifs is 1. The number of aryl methyl sites for hydroxylation is 1. The summed E-state index contributed by atoms with van der Waals surface area (Å²) >= 11 is 1.41. The highest BCUT2D eigenvalue weighted by Gasteiger charge is 2.32. The molecule has 1 fully saturated rings. The number of rotatable bonds is 3. The second kappa shape index (κ2) is 6.57. The van der Waals surface area contributed by atoms with E-state index in [0.29, 0.717) is 17.8 Å². The Morgan fingerprint density at radius 1 is 1.23 bits per heavy atom. The summed E-state index contributed by atoms with van der Waals surface area (Å²) in [7, 11) is 0. The Morgan fingerprint density at radius 2 is 2.00 bits per heavy atom. The molecule has 3 heterocycles. The topological polar surface area (TPSA) is 81.2 Å². The average molecular weight is 368 g/mol. The molecule has 2 aromatic heterocycles. The molecule has 1 aromatic carbocycles. The van der Waals surface area contributed by atoms with Gasteiger partial charge in [0.1, 0.15) is 10.9 Å². The van der Waals surface area contributed by atoms with Crippen molar-refractivity contribution in [3.8, 4) is 5.69 Å². The number of benzene rings is 1. The molecule has 2 amide bonds. The van der Waals surface area contributed by atoms with Gasteiger partial charge in [-0.2, -0.15) is 5.10 Å². The molecule has 4 rings (SSSR count). The molecule has 0 radical (unpaired) electrons. The fourth-order valence-electron chi connectivity index (χ4n) is 3.51. The van der Waals surface area contributed by atoms with Crippen molar-refractivity contribution in [1.82, 2.24) is 14.7 Å². The van der Waals surface area contributed by atoms with Crippen LogP contribution in [0.3, 0.4) is 0 Å². The van der Waals surface area contributed by atoms with Gasteiger partial charge in [0.05, 0.1) is 16.3 Å². The summed E-state index contributed by atoms with van der Waals surface area (Å²) in [6.45, 7) is 2.51. The predicted molar refractivity (Wildman–Crippen MR) is 102 cm³/mol. The summed E-state index contributed by atoms with van der Waals surface area (Å²) in [6, 6.07) is 11.2. The smallest absolute Gasteiger partial charge is 0.264 e. The third-order valence-electron chi connectivity index (χ3n) is 4.85. The number of carbonyl (C=O) groups is 2. The molecule has 1 aliphatic rings. The van der Waals surface area contributed by atoms with E-state index in [4.69, 9.17) is 5.73 Å². The van der Waals surface area contributed by atoms with E-state index in [0.717, 1.165) is 34.4 Å². The Labute approximate surface area is 155 Å². The number of likely N-dealkylation sites (tertiary alicyclic amines) is 1. The molecular formula is C19H20N4O2S. The number of nitrogens with zero attached hydrogens (tertiary/aromatic N) is 3. The van der Waals surface area contributed by atoms with Gasteiger partial charge in [0, 0.05) is 11.9 Å². The van der Waals surface area contributed by atoms with Crippen LogP contribution in [0.2, 0.25) is 0 Å². The third-order valence-corrected chi connectivity index (χ3v) is 5.95. The minimum Gasteiger partial charge on any atom is -0.368 e. The summed E-state index contributed by atoms with van der Waals surface area (Å²) in [4.78, 5) is 28.0. The van der Waals surface area contributed by atoms with E-state index < -0.39 is 11.9 Å². The van der Waals surface area contributed by atoms with Crippen LogP contribution >= 0.6 is 11.3 Å². The molecule has 0 spiro atoms. The zero-order valence-electron chi connectivity index (χ0n) is 14.5. The fourth-order valence-corrected chi connectivity index (χ4v) is 4.65. The molecule has 7 heteroatoms. The van der Waals surface area contributed by atoms with Gasteiger partial charge in [0.15, 0.2) is 0 Å². The van der Waals surface area contributed by atoms with Gasteiger partial charge in [0.2, 0.25) is 5.91 Å².